The van der Waals surface area contributed by atoms with Gasteiger partial charge in [0.2, 0.25) is 5.91 Å². The molecule has 0 aromatic carbocycles. The topological polar surface area (TPSA) is 75.6 Å². The predicted octanol–water partition coefficient (Wildman–Crippen LogP) is 1.23. The lowest BCUT2D eigenvalue weighted by atomic mass is 10.4. The lowest BCUT2D eigenvalue weighted by Gasteiger charge is -2.03. The molecule has 0 radical (unpaired) electrons. The number of carbonyl (C=O) groups excluding carboxylic acids is 1. The van der Waals surface area contributed by atoms with Crippen LogP contribution in [0.5, 0.6) is 0 Å². The van der Waals surface area contributed by atoms with Gasteiger partial charge < -0.3 is 15.2 Å². The summed E-state index contributed by atoms with van der Waals surface area (Å²) in [5, 5.41) is 10.9. The molecule has 0 aliphatic heterocycles. The molecule has 2 N–H and O–H groups in total. The highest BCUT2D eigenvalue weighted by Crippen LogP contribution is 2.21. The fourth-order valence-electron chi connectivity index (χ4n) is 0.915. The van der Waals surface area contributed by atoms with E-state index in [1.165, 1.54) is 11.3 Å². The molecule has 0 saturated heterocycles. The third-order valence-corrected chi connectivity index (χ3v) is 3.17. The fourth-order valence-corrected chi connectivity index (χ4v) is 2.34. The van der Waals surface area contributed by atoms with Gasteiger partial charge in [-0.3, -0.25) is 4.79 Å². The maximum atomic E-state index is 11.2. The van der Waals surface area contributed by atoms with Crippen molar-refractivity contribution in [3.63, 3.8) is 0 Å². The summed E-state index contributed by atoms with van der Waals surface area (Å²) >= 11 is 4.84. The van der Waals surface area contributed by atoms with E-state index in [2.05, 4.69) is 26.0 Å². The summed E-state index contributed by atoms with van der Waals surface area (Å²) < 4.78 is 5.63. The van der Waals surface area contributed by atoms with Crippen LogP contribution in [0.2, 0.25) is 0 Å². The number of halogens is 1. The monoisotopic (exact) mass is 307 g/mol. The summed E-state index contributed by atoms with van der Waals surface area (Å²) in [5.41, 5.74) is 0. The van der Waals surface area contributed by atoms with Gasteiger partial charge in [0, 0.05) is 4.88 Å². The number of ether oxygens (including phenoxy) is 1. The molecule has 88 valence electrons. The van der Waals surface area contributed by atoms with Gasteiger partial charge in [-0.25, -0.2) is 4.79 Å². The van der Waals surface area contributed by atoms with Crippen LogP contribution in [0, 0.1) is 0 Å². The van der Waals surface area contributed by atoms with Gasteiger partial charge in [0.05, 0.1) is 10.3 Å². The molecular weight excluding hydrogens is 298 g/mol. The van der Waals surface area contributed by atoms with E-state index in [9.17, 15) is 9.59 Å². The number of hydrogen-bond donors (Lipinski definition) is 2. The van der Waals surface area contributed by atoms with Crippen molar-refractivity contribution in [3.05, 3.63) is 20.8 Å². The predicted molar refractivity (Wildman–Crippen MR) is 62.3 cm³/mol. The van der Waals surface area contributed by atoms with Crippen molar-refractivity contribution in [2.45, 2.75) is 6.54 Å². The summed E-state index contributed by atoms with van der Waals surface area (Å²) in [6, 6.07) is 3.79. The third-order valence-electron chi connectivity index (χ3n) is 1.55. The van der Waals surface area contributed by atoms with E-state index in [-0.39, 0.29) is 12.5 Å². The van der Waals surface area contributed by atoms with Crippen molar-refractivity contribution in [3.8, 4) is 0 Å². The van der Waals surface area contributed by atoms with Crippen LogP contribution in [0.3, 0.4) is 0 Å². The Morgan fingerprint density at radius 2 is 2.19 bits per heavy atom. The van der Waals surface area contributed by atoms with Crippen LogP contribution < -0.4 is 5.32 Å². The molecule has 0 aliphatic rings. The fraction of sp³-hybridized carbons (Fsp3) is 0.333. The molecule has 1 heterocycles. The highest BCUT2D eigenvalue weighted by molar-refractivity contribution is 9.11. The van der Waals surface area contributed by atoms with E-state index in [4.69, 9.17) is 5.11 Å². The summed E-state index contributed by atoms with van der Waals surface area (Å²) in [6.45, 7) is -0.275. The van der Waals surface area contributed by atoms with Crippen LogP contribution >= 0.6 is 27.3 Å². The molecule has 1 aromatic heterocycles. The number of thiophene rings is 1. The molecule has 0 unspecified atom stereocenters. The third kappa shape index (κ3) is 5.24. The minimum Gasteiger partial charge on any atom is -0.480 e. The first-order valence-electron chi connectivity index (χ1n) is 4.38. The first-order chi connectivity index (χ1) is 7.58. The van der Waals surface area contributed by atoms with E-state index >= 15 is 0 Å². The molecule has 7 heteroatoms. The van der Waals surface area contributed by atoms with Gasteiger partial charge >= 0.3 is 5.97 Å². The number of nitrogens with one attached hydrogen (secondary N) is 1. The Morgan fingerprint density at radius 1 is 1.44 bits per heavy atom. The molecule has 1 amide bonds. The lowest BCUT2D eigenvalue weighted by Crippen LogP contribution is -2.27. The van der Waals surface area contributed by atoms with Gasteiger partial charge in [0.15, 0.2) is 0 Å². The van der Waals surface area contributed by atoms with Crippen molar-refractivity contribution in [2.24, 2.45) is 0 Å². The Hall–Kier alpha value is -0.920. The van der Waals surface area contributed by atoms with Gasteiger partial charge in [0.25, 0.3) is 0 Å². The van der Waals surface area contributed by atoms with Gasteiger partial charge in [-0.05, 0) is 28.1 Å². The van der Waals surface area contributed by atoms with Crippen molar-refractivity contribution >= 4 is 39.1 Å². The quantitative estimate of drug-likeness (QED) is 0.829. The molecule has 0 saturated carbocycles. The van der Waals surface area contributed by atoms with E-state index < -0.39 is 12.6 Å². The second kappa shape index (κ2) is 6.62. The van der Waals surface area contributed by atoms with Crippen LogP contribution in [0.25, 0.3) is 0 Å². The van der Waals surface area contributed by atoms with E-state index in [0.717, 1.165) is 8.66 Å². The number of amides is 1. The molecule has 0 spiro atoms. The zero-order chi connectivity index (χ0) is 12.0. The Bertz CT molecular complexity index is 379. The van der Waals surface area contributed by atoms with Crippen molar-refractivity contribution in [2.75, 3.05) is 13.2 Å². The molecule has 1 aromatic rings. The van der Waals surface area contributed by atoms with Gasteiger partial charge in [0.1, 0.15) is 13.2 Å². The zero-order valence-corrected chi connectivity index (χ0v) is 10.6. The molecule has 1 rings (SSSR count). The second-order valence-corrected chi connectivity index (χ2v) is 5.42. The molecular formula is C9H10BrNO4S. The number of rotatable bonds is 6. The van der Waals surface area contributed by atoms with Gasteiger partial charge in [-0.1, -0.05) is 0 Å². The molecule has 0 aliphatic carbocycles. The van der Waals surface area contributed by atoms with E-state index in [0.29, 0.717) is 6.54 Å². The number of hydrogen-bond acceptors (Lipinski definition) is 4. The van der Waals surface area contributed by atoms with E-state index in [1.807, 2.05) is 12.1 Å². The number of carboxylic acid groups (broad SMARTS) is 1. The zero-order valence-electron chi connectivity index (χ0n) is 8.23. The first kappa shape index (κ1) is 13.1. The highest BCUT2D eigenvalue weighted by atomic mass is 79.9. The number of carboxylic acids is 1. The lowest BCUT2D eigenvalue weighted by molar-refractivity contribution is -0.143. The SMILES string of the molecule is O=C(O)COCC(=O)NCc1ccc(Br)s1. The summed E-state index contributed by atoms with van der Waals surface area (Å²) in [6.07, 6.45) is 0. The van der Waals surface area contributed by atoms with Crippen LogP contribution in [-0.4, -0.2) is 30.2 Å². The van der Waals surface area contributed by atoms with Crippen LogP contribution in [0.15, 0.2) is 15.9 Å². The Balaban J connectivity index is 2.17. The van der Waals surface area contributed by atoms with Crippen molar-refractivity contribution < 1.29 is 19.4 Å². The summed E-state index contributed by atoms with van der Waals surface area (Å²) in [5.74, 6) is -1.42. The Morgan fingerprint density at radius 3 is 2.75 bits per heavy atom. The average Bonchev–Trinajstić information content (AvgIpc) is 2.61. The standard InChI is InChI=1S/C9H10BrNO4S/c10-7-2-1-6(16-7)3-11-8(12)4-15-5-9(13)14/h1-2H,3-5H2,(H,11,12)(H,13,14). The minimum atomic E-state index is -1.09. The largest absolute Gasteiger partial charge is 0.480 e. The summed E-state index contributed by atoms with van der Waals surface area (Å²) in [7, 11) is 0. The smallest absolute Gasteiger partial charge is 0.329 e. The number of aliphatic carboxylic acids is 1. The van der Waals surface area contributed by atoms with Gasteiger partial charge in [-0.15, -0.1) is 11.3 Å². The second-order valence-electron chi connectivity index (χ2n) is 2.87. The maximum absolute atomic E-state index is 11.2. The normalized spacial score (nSPS) is 10.1. The maximum Gasteiger partial charge on any atom is 0.329 e. The van der Waals surface area contributed by atoms with Gasteiger partial charge in [-0.2, -0.15) is 0 Å². The minimum absolute atomic E-state index is 0.237. The Labute approximate surface area is 105 Å². The molecule has 0 bridgehead atoms. The highest BCUT2D eigenvalue weighted by Gasteiger charge is 2.04. The molecule has 0 atom stereocenters. The van der Waals surface area contributed by atoms with Crippen LogP contribution in [0.1, 0.15) is 4.88 Å². The number of carbonyl (C=O) groups is 2. The van der Waals surface area contributed by atoms with Crippen LogP contribution in [-0.2, 0) is 20.9 Å². The first-order valence-corrected chi connectivity index (χ1v) is 5.99. The van der Waals surface area contributed by atoms with Crippen molar-refractivity contribution in [1.82, 2.24) is 5.32 Å². The Kier molecular flexibility index (Phi) is 5.44. The van der Waals surface area contributed by atoms with Crippen LogP contribution in [0.4, 0.5) is 0 Å². The van der Waals surface area contributed by atoms with Crippen molar-refractivity contribution in [1.29, 1.82) is 0 Å². The average molecular weight is 308 g/mol. The molecule has 5 nitrogen and oxygen atoms in total. The molecule has 16 heavy (non-hydrogen) atoms. The summed E-state index contributed by atoms with van der Waals surface area (Å²) in [4.78, 5) is 22.3. The van der Waals surface area contributed by atoms with E-state index in [1.54, 1.807) is 0 Å². The molecule has 0 fully saturated rings.